The molecule has 1 aromatic rings. The van der Waals surface area contributed by atoms with Crippen LogP contribution in [0.3, 0.4) is 0 Å². The second kappa shape index (κ2) is 3.62. The molecule has 14 heavy (non-hydrogen) atoms. The molecule has 7 heteroatoms. The van der Waals surface area contributed by atoms with Crippen molar-refractivity contribution in [2.45, 2.75) is 24.5 Å². The highest BCUT2D eigenvalue weighted by atomic mass is 79.9. The highest BCUT2D eigenvalue weighted by Gasteiger charge is 2.33. The molecule has 0 N–H and O–H groups in total. The molecule has 1 aliphatic heterocycles. The van der Waals surface area contributed by atoms with Crippen molar-refractivity contribution in [1.29, 1.82) is 0 Å². The summed E-state index contributed by atoms with van der Waals surface area (Å²) in [5.41, 5.74) is 0. The van der Waals surface area contributed by atoms with Crippen LogP contribution in [0.15, 0.2) is 9.32 Å². The lowest BCUT2D eigenvalue weighted by atomic mass is 10.2. The summed E-state index contributed by atoms with van der Waals surface area (Å²) in [4.78, 5) is 4.12. The molecule has 2 heterocycles. The van der Waals surface area contributed by atoms with Gasteiger partial charge < -0.3 is 4.52 Å². The Bertz CT molecular complexity index is 428. The summed E-state index contributed by atoms with van der Waals surface area (Å²) >= 11 is 3.00. The maximum atomic E-state index is 11.7. The van der Waals surface area contributed by atoms with Crippen LogP contribution in [0, 0.1) is 0 Å². The predicted molar refractivity (Wildman–Crippen MR) is 52.4 cm³/mol. The normalized spacial score (nSPS) is 26.2. The fraction of sp³-hybridized carbons (Fsp3) is 0.714. The molecule has 1 atom stereocenters. The van der Waals surface area contributed by atoms with Crippen LogP contribution in [-0.4, -0.2) is 24.3 Å². The van der Waals surface area contributed by atoms with E-state index in [2.05, 4.69) is 26.1 Å². The van der Waals surface area contributed by atoms with Crippen LogP contribution in [0.5, 0.6) is 0 Å². The zero-order valence-corrected chi connectivity index (χ0v) is 9.71. The van der Waals surface area contributed by atoms with Crippen LogP contribution < -0.4 is 0 Å². The van der Waals surface area contributed by atoms with Crippen molar-refractivity contribution in [3.63, 3.8) is 0 Å². The van der Waals surface area contributed by atoms with E-state index in [1.54, 1.807) is 0 Å². The Balaban J connectivity index is 2.33. The van der Waals surface area contributed by atoms with E-state index >= 15 is 0 Å². The van der Waals surface area contributed by atoms with Gasteiger partial charge in [-0.1, -0.05) is 11.6 Å². The van der Waals surface area contributed by atoms with Crippen LogP contribution in [0.1, 0.15) is 30.3 Å². The van der Waals surface area contributed by atoms with Gasteiger partial charge in [-0.3, -0.25) is 0 Å². The van der Waals surface area contributed by atoms with Crippen molar-refractivity contribution >= 4 is 25.8 Å². The van der Waals surface area contributed by atoms with Crippen LogP contribution in [0.4, 0.5) is 0 Å². The molecule has 0 aliphatic carbocycles. The average Bonchev–Trinajstić information content (AvgIpc) is 2.51. The van der Waals surface area contributed by atoms with Crippen molar-refractivity contribution in [3.05, 3.63) is 10.6 Å². The van der Waals surface area contributed by atoms with Gasteiger partial charge in [-0.15, -0.1) is 0 Å². The molecule has 1 unspecified atom stereocenters. The fourth-order valence-corrected chi connectivity index (χ4v) is 3.68. The van der Waals surface area contributed by atoms with Gasteiger partial charge in [0.1, 0.15) is 5.25 Å². The monoisotopic (exact) mass is 280 g/mol. The van der Waals surface area contributed by atoms with Crippen LogP contribution in [0.2, 0.25) is 0 Å². The van der Waals surface area contributed by atoms with Crippen LogP contribution >= 0.6 is 15.9 Å². The summed E-state index contributed by atoms with van der Waals surface area (Å²) in [7, 11) is -3.07. The highest BCUT2D eigenvalue weighted by molar-refractivity contribution is 9.10. The number of hydrogen-bond acceptors (Lipinski definition) is 5. The Morgan fingerprint density at radius 3 is 2.79 bits per heavy atom. The highest BCUT2D eigenvalue weighted by Crippen LogP contribution is 2.31. The Hall–Kier alpha value is -0.430. The van der Waals surface area contributed by atoms with Crippen LogP contribution in [0.25, 0.3) is 0 Å². The van der Waals surface area contributed by atoms with Crippen molar-refractivity contribution < 1.29 is 12.9 Å². The molecule has 0 bridgehead atoms. The third-order valence-electron chi connectivity index (χ3n) is 2.28. The SMILES string of the molecule is O=S1(=O)CCCCC1c1noc(Br)n1. The summed E-state index contributed by atoms with van der Waals surface area (Å²) in [6.45, 7) is 0. The molecule has 5 nitrogen and oxygen atoms in total. The van der Waals surface area contributed by atoms with E-state index in [1.807, 2.05) is 0 Å². The molecular formula is C7H9BrN2O3S. The molecule has 1 aromatic heterocycles. The maximum absolute atomic E-state index is 11.7. The molecule has 1 saturated heterocycles. The van der Waals surface area contributed by atoms with Crippen molar-refractivity contribution in [2.24, 2.45) is 0 Å². The van der Waals surface area contributed by atoms with Gasteiger partial charge in [0.05, 0.1) is 5.75 Å². The zero-order valence-electron chi connectivity index (χ0n) is 7.31. The predicted octanol–water partition coefficient (Wildman–Crippen LogP) is 1.47. The van der Waals surface area contributed by atoms with Gasteiger partial charge >= 0.3 is 0 Å². The van der Waals surface area contributed by atoms with Gasteiger partial charge in [-0.25, -0.2) is 8.42 Å². The third kappa shape index (κ3) is 1.83. The molecule has 0 saturated carbocycles. The lowest BCUT2D eigenvalue weighted by molar-refractivity contribution is 0.387. The summed E-state index contributed by atoms with van der Waals surface area (Å²) in [5.74, 6) is 0.501. The largest absolute Gasteiger partial charge is 0.327 e. The first-order valence-electron chi connectivity index (χ1n) is 4.30. The number of sulfone groups is 1. The van der Waals surface area contributed by atoms with Gasteiger partial charge in [0.25, 0.3) is 4.80 Å². The minimum Gasteiger partial charge on any atom is -0.327 e. The second-order valence-corrected chi connectivity index (χ2v) is 6.24. The Morgan fingerprint density at radius 2 is 2.21 bits per heavy atom. The topological polar surface area (TPSA) is 73.1 Å². The average molecular weight is 281 g/mol. The molecule has 2 rings (SSSR count). The number of rotatable bonds is 1. The molecule has 1 fully saturated rings. The minimum atomic E-state index is -3.07. The van der Waals surface area contributed by atoms with E-state index in [0.29, 0.717) is 6.42 Å². The maximum Gasteiger partial charge on any atom is 0.293 e. The standard InChI is InChI=1S/C7H9BrN2O3S/c8-7-9-6(10-13-7)5-3-1-2-4-14(5,11)12/h5H,1-4H2. The number of hydrogen-bond donors (Lipinski definition) is 0. The smallest absolute Gasteiger partial charge is 0.293 e. The van der Waals surface area contributed by atoms with E-state index in [0.717, 1.165) is 12.8 Å². The summed E-state index contributed by atoms with van der Waals surface area (Å²) in [6, 6.07) is 0. The van der Waals surface area contributed by atoms with Crippen molar-refractivity contribution in [2.75, 3.05) is 5.75 Å². The van der Waals surface area contributed by atoms with Gasteiger partial charge in [-0.2, -0.15) is 4.98 Å². The van der Waals surface area contributed by atoms with Gasteiger partial charge in [-0.05, 0) is 12.8 Å². The molecule has 0 spiro atoms. The Morgan fingerprint density at radius 1 is 1.43 bits per heavy atom. The van der Waals surface area contributed by atoms with Crippen LogP contribution in [-0.2, 0) is 9.84 Å². The third-order valence-corrected chi connectivity index (χ3v) is 4.78. The van der Waals surface area contributed by atoms with Gasteiger partial charge in [0.2, 0.25) is 0 Å². The van der Waals surface area contributed by atoms with Crippen molar-refractivity contribution in [3.8, 4) is 0 Å². The van der Waals surface area contributed by atoms with E-state index in [1.165, 1.54) is 0 Å². The molecular weight excluding hydrogens is 272 g/mol. The minimum absolute atomic E-state index is 0.226. The molecule has 0 amide bonds. The van der Waals surface area contributed by atoms with Gasteiger partial charge in [0.15, 0.2) is 15.7 Å². The Kier molecular flexibility index (Phi) is 2.61. The quantitative estimate of drug-likeness (QED) is 0.779. The van der Waals surface area contributed by atoms with Gasteiger partial charge in [0, 0.05) is 15.9 Å². The van der Waals surface area contributed by atoms with E-state index in [9.17, 15) is 8.42 Å². The first-order valence-corrected chi connectivity index (χ1v) is 6.81. The summed E-state index contributed by atoms with van der Waals surface area (Å²) < 4.78 is 28.0. The molecule has 0 radical (unpaired) electrons. The lowest BCUT2D eigenvalue weighted by Crippen LogP contribution is -2.22. The van der Waals surface area contributed by atoms with E-state index in [-0.39, 0.29) is 16.4 Å². The number of aromatic nitrogens is 2. The van der Waals surface area contributed by atoms with E-state index < -0.39 is 15.1 Å². The first-order chi connectivity index (χ1) is 6.59. The Labute approximate surface area is 89.9 Å². The molecule has 78 valence electrons. The first kappa shape index (κ1) is 10.1. The van der Waals surface area contributed by atoms with Crippen molar-refractivity contribution in [1.82, 2.24) is 10.1 Å². The summed E-state index contributed by atoms with van der Waals surface area (Å²) in [6.07, 6.45) is 2.22. The molecule has 0 aromatic carbocycles. The fourth-order valence-electron chi connectivity index (χ4n) is 1.59. The molecule has 1 aliphatic rings. The number of nitrogens with zero attached hydrogens (tertiary/aromatic N) is 2. The lowest BCUT2D eigenvalue weighted by Gasteiger charge is -2.18. The van der Waals surface area contributed by atoms with E-state index in [4.69, 9.17) is 4.52 Å². The zero-order chi connectivity index (χ0) is 10.2. The summed E-state index contributed by atoms with van der Waals surface area (Å²) in [5, 5.41) is 3.05. The number of halogens is 1. The second-order valence-electron chi connectivity index (χ2n) is 3.26.